The Bertz CT molecular complexity index is 1740. The topological polar surface area (TPSA) is 127 Å². The molecular weight excluding hydrogens is 651 g/mol. The summed E-state index contributed by atoms with van der Waals surface area (Å²) in [4.78, 5) is 23.5. The smallest absolute Gasteiger partial charge is 0.229 e. The molecular formula is C32H38BrN10OP. The van der Waals surface area contributed by atoms with Crippen LogP contribution in [0.5, 0.6) is 5.75 Å². The zero-order valence-electron chi connectivity index (χ0n) is 25.9. The molecule has 4 N–H and O–H groups in total. The third kappa shape index (κ3) is 6.73. The van der Waals surface area contributed by atoms with Gasteiger partial charge >= 0.3 is 0 Å². The number of piperazine rings is 1. The average molecular weight is 690 g/mol. The molecule has 0 amide bonds. The Kier molecular flexibility index (Phi) is 9.44. The summed E-state index contributed by atoms with van der Waals surface area (Å²) in [7, 11) is 3.02. The Labute approximate surface area is 273 Å². The van der Waals surface area contributed by atoms with Crippen LogP contribution < -0.4 is 30.9 Å². The number of hydrogen-bond acceptors (Lipinski definition) is 11. The molecule has 234 valence electrons. The number of nitrogens with one attached hydrogen (secondary N) is 4. The zero-order valence-corrected chi connectivity index (χ0v) is 28.4. The van der Waals surface area contributed by atoms with Crippen molar-refractivity contribution in [2.24, 2.45) is 0 Å². The van der Waals surface area contributed by atoms with Gasteiger partial charge in [0.15, 0.2) is 0 Å². The average Bonchev–Trinajstić information content (AvgIpc) is 3.91. The third-order valence-corrected chi connectivity index (χ3v) is 10.0. The standard InChI is InChI=1S/C32H38BrN10OP/c1-35-18-20(17-34)22-15-26(28(44-2)16-27(22)43-13-11-42(12-14-43)21-5-6-21)40-32-38-19-23(33)31(41-32)39-25-8-7-24-29(30(25)45(3)4)37-10-9-36-24/h7-10,15-19,21,34-35H,5-6,11-14H2,1-4H3,(H2,38,39,40,41)/b20-18+,34-17?. The van der Waals surface area contributed by atoms with Crippen molar-refractivity contribution < 1.29 is 4.74 Å². The highest BCUT2D eigenvalue weighted by Crippen LogP contribution is 2.40. The molecule has 2 aromatic heterocycles. The number of rotatable bonds is 11. The fourth-order valence-electron chi connectivity index (χ4n) is 5.79. The summed E-state index contributed by atoms with van der Waals surface area (Å²) in [5.74, 6) is 1.70. The molecule has 45 heavy (non-hydrogen) atoms. The molecule has 11 nitrogen and oxygen atoms in total. The van der Waals surface area contributed by atoms with Crippen LogP contribution in [0.3, 0.4) is 0 Å². The van der Waals surface area contributed by atoms with Crippen LogP contribution in [0.1, 0.15) is 18.4 Å². The molecule has 4 aromatic rings. The lowest BCUT2D eigenvalue weighted by molar-refractivity contribution is 0.248. The van der Waals surface area contributed by atoms with Gasteiger partial charge in [-0.15, -0.1) is 0 Å². The number of nitrogens with zero attached hydrogens (tertiary/aromatic N) is 6. The normalized spacial score (nSPS) is 15.8. The molecule has 1 aliphatic carbocycles. The van der Waals surface area contributed by atoms with Crippen molar-refractivity contribution in [1.29, 1.82) is 5.41 Å². The van der Waals surface area contributed by atoms with E-state index in [9.17, 15) is 0 Å². The summed E-state index contributed by atoms with van der Waals surface area (Å²) in [5, 5.41) is 19.3. The van der Waals surface area contributed by atoms with E-state index in [2.05, 4.69) is 76.0 Å². The predicted octanol–water partition coefficient (Wildman–Crippen LogP) is 5.54. The maximum atomic E-state index is 8.20. The minimum atomic E-state index is -0.494. The summed E-state index contributed by atoms with van der Waals surface area (Å²) >= 11 is 3.63. The Hall–Kier alpha value is -3.86. The van der Waals surface area contributed by atoms with Crippen molar-refractivity contribution in [3.63, 3.8) is 0 Å². The van der Waals surface area contributed by atoms with Gasteiger partial charge < -0.3 is 31.0 Å². The van der Waals surface area contributed by atoms with Crippen LogP contribution in [0.25, 0.3) is 16.6 Å². The number of fused-ring (bicyclic) bond motifs is 1. The number of halogens is 1. The summed E-state index contributed by atoms with van der Waals surface area (Å²) in [5.41, 5.74) is 6.14. The number of ether oxygens (including phenoxy) is 1. The van der Waals surface area contributed by atoms with Crippen LogP contribution >= 0.6 is 23.9 Å². The summed E-state index contributed by atoms with van der Waals surface area (Å²) in [6, 6.07) is 8.84. The lowest BCUT2D eigenvalue weighted by atomic mass is 10.0. The van der Waals surface area contributed by atoms with Gasteiger partial charge in [0.1, 0.15) is 11.6 Å². The molecule has 2 fully saturated rings. The first-order valence-electron chi connectivity index (χ1n) is 15.0. The maximum Gasteiger partial charge on any atom is 0.229 e. The van der Waals surface area contributed by atoms with E-state index in [-0.39, 0.29) is 0 Å². The van der Waals surface area contributed by atoms with Gasteiger partial charge in [0.25, 0.3) is 0 Å². The van der Waals surface area contributed by atoms with E-state index in [1.54, 1.807) is 25.7 Å². The molecule has 1 aliphatic heterocycles. The molecule has 2 aromatic carbocycles. The van der Waals surface area contributed by atoms with E-state index in [4.69, 9.17) is 15.1 Å². The number of anilines is 5. The van der Waals surface area contributed by atoms with E-state index in [1.807, 2.05) is 31.4 Å². The summed E-state index contributed by atoms with van der Waals surface area (Å²) < 4.78 is 6.62. The lowest BCUT2D eigenvalue weighted by Crippen LogP contribution is -2.47. The van der Waals surface area contributed by atoms with Gasteiger partial charge in [-0.2, -0.15) is 4.98 Å². The molecule has 1 saturated heterocycles. The molecule has 13 heteroatoms. The van der Waals surface area contributed by atoms with Gasteiger partial charge in [-0.25, -0.2) is 4.98 Å². The van der Waals surface area contributed by atoms with Gasteiger partial charge in [0.2, 0.25) is 5.95 Å². The molecule has 1 saturated carbocycles. The van der Waals surface area contributed by atoms with Gasteiger partial charge in [-0.1, -0.05) is 7.92 Å². The van der Waals surface area contributed by atoms with Crippen LogP contribution in [0.2, 0.25) is 0 Å². The maximum absolute atomic E-state index is 8.20. The number of aromatic nitrogens is 4. The molecule has 6 rings (SSSR count). The van der Waals surface area contributed by atoms with Gasteiger partial charge in [0, 0.05) is 104 Å². The Balaban J connectivity index is 1.33. The first kappa shape index (κ1) is 31.1. The van der Waals surface area contributed by atoms with Crippen molar-refractivity contribution >= 4 is 80.8 Å². The van der Waals surface area contributed by atoms with Crippen LogP contribution in [-0.4, -0.2) is 90.8 Å². The van der Waals surface area contributed by atoms with E-state index in [0.29, 0.717) is 23.2 Å². The number of allylic oxidation sites excluding steroid dienone is 1. The quantitative estimate of drug-likeness (QED) is 0.118. The minimum Gasteiger partial charge on any atom is -0.494 e. The van der Waals surface area contributed by atoms with Gasteiger partial charge in [0.05, 0.1) is 28.3 Å². The molecule has 0 unspecified atom stereocenters. The van der Waals surface area contributed by atoms with Crippen molar-refractivity contribution in [3.8, 4) is 5.75 Å². The van der Waals surface area contributed by atoms with Crippen LogP contribution in [0, 0.1) is 5.41 Å². The van der Waals surface area contributed by atoms with Crippen LogP contribution in [0.15, 0.2) is 53.5 Å². The Morgan fingerprint density at radius 1 is 1.04 bits per heavy atom. The highest BCUT2D eigenvalue weighted by Gasteiger charge is 2.32. The second-order valence-electron chi connectivity index (χ2n) is 11.3. The van der Waals surface area contributed by atoms with Gasteiger partial charge in [-0.3, -0.25) is 14.9 Å². The Morgan fingerprint density at radius 2 is 1.82 bits per heavy atom. The SMILES string of the molecule is CN/C=C(\C=N)c1cc(Nc2ncc(Br)c(Nc3ccc4nccnc4c3P(C)C)n2)c(OC)cc1N1CCN(C2CC2)CC1. The van der Waals surface area contributed by atoms with Crippen molar-refractivity contribution in [3.05, 3.63) is 59.1 Å². The highest BCUT2D eigenvalue weighted by molar-refractivity contribution is 9.10. The second kappa shape index (κ2) is 13.6. The Morgan fingerprint density at radius 3 is 2.51 bits per heavy atom. The molecule has 3 heterocycles. The minimum absolute atomic E-state index is 0.405. The van der Waals surface area contributed by atoms with Crippen LogP contribution in [-0.2, 0) is 0 Å². The predicted molar refractivity (Wildman–Crippen MR) is 190 cm³/mol. The van der Waals surface area contributed by atoms with E-state index >= 15 is 0 Å². The number of hydrogen-bond donors (Lipinski definition) is 4. The first-order chi connectivity index (χ1) is 21.9. The molecule has 0 bridgehead atoms. The van der Waals surface area contributed by atoms with Crippen molar-refractivity contribution in [1.82, 2.24) is 30.2 Å². The molecule has 0 atom stereocenters. The zero-order chi connectivity index (χ0) is 31.5. The fourth-order valence-corrected chi connectivity index (χ4v) is 7.29. The largest absolute Gasteiger partial charge is 0.494 e. The summed E-state index contributed by atoms with van der Waals surface area (Å²) in [6.07, 6.45) is 11.0. The van der Waals surface area contributed by atoms with Crippen molar-refractivity contribution in [2.75, 3.05) is 69.2 Å². The van der Waals surface area contributed by atoms with E-state index in [1.165, 1.54) is 19.1 Å². The first-order valence-corrected chi connectivity index (χ1v) is 18.0. The molecule has 2 aliphatic rings. The van der Waals surface area contributed by atoms with Gasteiger partial charge in [-0.05, 0) is 60.3 Å². The molecule has 0 radical (unpaired) electrons. The van der Waals surface area contributed by atoms with Crippen LogP contribution in [0.4, 0.5) is 28.8 Å². The lowest BCUT2D eigenvalue weighted by Gasteiger charge is -2.37. The third-order valence-electron chi connectivity index (χ3n) is 8.11. The second-order valence-corrected chi connectivity index (χ2v) is 14.4. The molecule has 0 spiro atoms. The number of benzene rings is 2. The monoisotopic (exact) mass is 688 g/mol. The summed E-state index contributed by atoms with van der Waals surface area (Å²) in [6.45, 7) is 8.33. The fraction of sp³-hybridized carbons (Fsp3) is 0.344. The van der Waals surface area contributed by atoms with Crippen molar-refractivity contribution in [2.45, 2.75) is 18.9 Å². The van der Waals surface area contributed by atoms with E-state index in [0.717, 1.165) is 75.5 Å². The highest BCUT2D eigenvalue weighted by atomic mass is 79.9. The van der Waals surface area contributed by atoms with E-state index < -0.39 is 7.92 Å². The number of methoxy groups -OCH3 is 1.